The highest BCUT2D eigenvalue weighted by Gasteiger charge is 2.27. The van der Waals surface area contributed by atoms with E-state index in [0.717, 1.165) is 37.1 Å². The summed E-state index contributed by atoms with van der Waals surface area (Å²) in [4.78, 5) is 21.4. The number of likely N-dealkylation sites (N-methyl/N-ethyl adjacent to an activating group) is 1. The van der Waals surface area contributed by atoms with Gasteiger partial charge in [-0.2, -0.15) is 5.26 Å². The lowest BCUT2D eigenvalue weighted by atomic mass is 9.90. The third-order valence-electron chi connectivity index (χ3n) is 6.24. The van der Waals surface area contributed by atoms with E-state index in [1.54, 1.807) is 13.1 Å². The molecule has 3 aliphatic heterocycles. The molecule has 31 heavy (non-hydrogen) atoms. The van der Waals surface area contributed by atoms with Crippen LogP contribution in [-0.4, -0.2) is 36.8 Å². The Morgan fingerprint density at radius 2 is 1.77 bits per heavy atom. The Morgan fingerprint density at radius 3 is 2.42 bits per heavy atom. The maximum atomic E-state index is 12.9. The van der Waals surface area contributed by atoms with Gasteiger partial charge < -0.3 is 4.90 Å². The summed E-state index contributed by atoms with van der Waals surface area (Å²) >= 11 is 0. The maximum Gasteiger partial charge on any atom is 0.277 e. The third kappa shape index (κ3) is 3.55. The van der Waals surface area contributed by atoms with Crippen molar-refractivity contribution in [2.75, 3.05) is 25.0 Å². The van der Waals surface area contributed by atoms with Crippen LogP contribution in [0.2, 0.25) is 0 Å². The summed E-state index contributed by atoms with van der Waals surface area (Å²) in [7, 11) is 1.70. The van der Waals surface area contributed by atoms with E-state index in [0.29, 0.717) is 17.1 Å². The van der Waals surface area contributed by atoms with Crippen molar-refractivity contribution in [1.29, 1.82) is 5.26 Å². The van der Waals surface area contributed by atoms with Crippen LogP contribution in [0, 0.1) is 11.3 Å². The molecule has 0 atom stereocenters. The van der Waals surface area contributed by atoms with Gasteiger partial charge in [-0.15, -0.1) is 0 Å². The van der Waals surface area contributed by atoms with Gasteiger partial charge in [-0.05, 0) is 72.2 Å². The van der Waals surface area contributed by atoms with Gasteiger partial charge in [0.05, 0.1) is 11.6 Å². The Kier molecular flexibility index (Phi) is 4.91. The molecule has 0 spiro atoms. The molecule has 0 bridgehead atoms. The molecule has 5 nitrogen and oxygen atoms in total. The normalized spacial score (nSPS) is 19.4. The van der Waals surface area contributed by atoms with E-state index >= 15 is 0 Å². The Hall–Kier alpha value is -3.65. The van der Waals surface area contributed by atoms with E-state index < -0.39 is 0 Å². The highest BCUT2D eigenvalue weighted by atomic mass is 16.2. The Morgan fingerprint density at radius 1 is 1.10 bits per heavy atom. The lowest BCUT2D eigenvalue weighted by Gasteiger charge is -2.37. The van der Waals surface area contributed by atoms with Gasteiger partial charge in [-0.25, -0.2) is 4.99 Å². The standard InChI is InChI=1S/C26H24N4O/c1-29-24(16-22(17-27)19-7-3-2-4-8-19)28-23(26(29)31)15-18-13-20-9-5-11-30-12-6-10-21(14-18)25(20)30/h2-4,7-8,13-16H,5-6,9-12H2,1H3/b22-16+,23-15-. The van der Waals surface area contributed by atoms with Crippen LogP contribution in [0.5, 0.6) is 0 Å². The zero-order valence-corrected chi connectivity index (χ0v) is 17.6. The fourth-order valence-electron chi connectivity index (χ4n) is 4.74. The SMILES string of the molecule is CN1C(=O)/C(=C/c2cc3c4c(c2)CCCN4CCC3)N=C1/C=C(\C#N)c1ccccc1. The number of anilines is 1. The van der Waals surface area contributed by atoms with Crippen molar-refractivity contribution in [1.82, 2.24) is 4.90 Å². The highest BCUT2D eigenvalue weighted by molar-refractivity contribution is 6.19. The zero-order valence-electron chi connectivity index (χ0n) is 17.6. The second-order valence-electron chi connectivity index (χ2n) is 8.28. The summed E-state index contributed by atoms with van der Waals surface area (Å²) in [5.41, 5.74) is 6.93. The summed E-state index contributed by atoms with van der Waals surface area (Å²) in [6.45, 7) is 2.29. The van der Waals surface area contributed by atoms with Crippen LogP contribution in [0.25, 0.3) is 11.6 Å². The smallest absolute Gasteiger partial charge is 0.277 e. The van der Waals surface area contributed by atoms with Crippen LogP contribution in [0.4, 0.5) is 5.69 Å². The molecule has 0 aromatic heterocycles. The molecule has 5 rings (SSSR count). The van der Waals surface area contributed by atoms with Gasteiger partial charge in [0.15, 0.2) is 0 Å². The van der Waals surface area contributed by atoms with Crippen molar-refractivity contribution in [2.24, 2.45) is 4.99 Å². The molecule has 0 fully saturated rings. The molecular weight excluding hydrogens is 384 g/mol. The number of aryl methyl sites for hydroxylation is 2. The molecule has 2 aromatic rings. The molecule has 3 heterocycles. The van der Waals surface area contributed by atoms with Crippen molar-refractivity contribution in [3.8, 4) is 6.07 Å². The minimum atomic E-state index is -0.149. The van der Waals surface area contributed by atoms with E-state index in [2.05, 4.69) is 28.1 Å². The second-order valence-corrected chi connectivity index (χ2v) is 8.28. The predicted molar refractivity (Wildman–Crippen MR) is 124 cm³/mol. The fourth-order valence-corrected chi connectivity index (χ4v) is 4.74. The van der Waals surface area contributed by atoms with Crippen LogP contribution in [0.1, 0.15) is 35.1 Å². The summed E-state index contributed by atoms with van der Waals surface area (Å²) in [5, 5.41) is 9.59. The van der Waals surface area contributed by atoms with Gasteiger partial charge in [-0.1, -0.05) is 30.3 Å². The van der Waals surface area contributed by atoms with Gasteiger partial charge in [0.25, 0.3) is 5.91 Å². The number of hydrogen-bond donors (Lipinski definition) is 0. The van der Waals surface area contributed by atoms with Crippen molar-refractivity contribution in [3.05, 3.63) is 76.5 Å². The van der Waals surface area contributed by atoms with Crippen LogP contribution in [0.15, 0.2) is 59.2 Å². The summed E-state index contributed by atoms with van der Waals surface area (Å²) in [6.07, 6.45) is 8.10. The number of carbonyl (C=O) groups excluding carboxylic acids is 1. The van der Waals surface area contributed by atoms with E-state index in [9.17, 15) is 10.1 Å². The Bertz CT molecular complexity index is 1150. The number of amides is 1. The quantitative estimate of drug-likeness (QED) is 0.565. The third-order valence-corrected chi connectivity index (χ3v) is 6.24. The number of allylic oxidation sites excluding steroid dienone is 1. The van der Waals surface area contributed by atoms with E-state index in [1.807, 2.05) is 36.4 Å². The average Bonchev–Trinajstić information content (AvgIpc) is 3.06. The van der Waals surface area contributed by atoms with Gasteiger partial charge >= 0.3 is 0 Å². The molecule has 0 saturated heterocycles. The summed E-state index contributed by atoms with van der Waals surface area (Å²) in [6, 6.07) is 16.1. The second kappa shape index (κ2) is 7.88. The minimum absolute atomic E-state index is 0.149. The van der Waals surface area contributed by atoms with Gasteiger partial charge in [0.2, 0.25) is 0 Å². The van der Waals surface area contributed by atoms with E-state index in [-0.39, 0.29) is 5.91 Å². The van der Waals surface area contributed by atoms with Gasteiger partial charge in [0, 0.05) is 25.8 Å². The van der Waals surface area contributed by atoms with Crippen molar-refractivity contribution < 1.29 is 4.79 Å². The number of benzene rings is 2. The Labute approximate surface area is 182 Å². The lowest BCUT2D eigenvalue weighted by Crippen LogP contribution is -2.34. The first-order valence-electron chi connectivity index (χ1n) is 10.8. The first-order chi connectivity index (χ1) is 15.1. The predicted octanol–water partition coefficient (Wildman–Crippen LogP) is 4.20. The Balaban J connectivity index is 1.51. The molecule has 0 unspecified atom stereocenters. The van der Waals surface area contributed by atoms with Gasteiger partial charge in [-0.3, -0.25) is 9.69 Å². The summed E-state index contributed by atoms with van der Waals surface area (Å²) < 4.78 is 0. The van der Waals surface area contributed by atoms with Crippen LogP contribution < -0.4 is 4.90 Å². The first kappa shape index (κ1) is 19.3. The molecule has 154 valence electrons. The largest absolute Gasteiger partial charge is 0.371 e. The highest BCUT2D eigenvalue weighted by Crippen LogP contribution is 2.36. The minimum Gasteiger partial charge on any atom is -0.371 e. The fraction of sp³-hybridized carbons (Fsp3) is 0.269. The molecule has 0 saturated carbocycles. The molecule has 2 aromatic carbocycles. The number of rotatable bonds is 3. The van der Waals surface area contributed by atoms with E-state index in [4.69, 9.17) is 0 Å². The molecule has 3 aliphatic rings. The number of carbonyl (C=O) groups is 1. The van der Waals surface area contributed by atoms with Crippen LogP contribution in [-0.2, 0) is 17.6 Å². The lowest BCUT2D eigenvalue weighted by molar-refractivity contribution is -0.121. The molecule has 5 heteroatoms. The maximum absolute atomic E-state index is 12.9. The summed E-state index contributed by atoms with van der Waals surface area (Å²) in [5.74, 6) is 0.340. The van der Waals surface area contributed by atoms with Crippen LogP contribution >= 0.6 is 0 Å². The molecule has 1 amide bonds. The van der Waals surface area contributed by atoms with Crippen molar-refractivity contribution in [2.45, 2.75) is 25.7 Å². The van der Waals surface area contributed by atoms with Crippen LogP contribution in [0.3, 0.4) is 0 Å². The average molecular weight is 409 g/mol. The topological polar surface area (TPSA) is 59.7 Å². The van der Waals surface area contributed by atoms with Crippen molar-refractivity contribution >= 4 is 29.1 Å². The molecule has 0 aliphatic carbocycles. The number of nitriles is 1. The number of nitrogens with zero attached hydrogens (tertiary/aromatic N) is 4. The molecule has 0 radical (unpaired) electrons. The van der Waals surface area contributed by atoms with E-state index in [1.165, 1.54) is 34.6 Å². The number of amidine groups is 1. The monoisotopic (exact) mass is 408 g/mol. The zero-order chi connectivity index (χ0) is 21.4. The number of hydrogen-bond acceptors (Lipinski definition) is 4. The number of aliphatic imine (C=N–C) groups is 1. The molecular formula is C26H24N4O. The first-order valence-corrected chi connectivity index (χ1v) is 10.8. The van der Waals surface area contributed by atoms with Gasteiger partial charge in [0.1, 0.15) is 11.5 Å². The molecule has 0 N–H and O–H groups in total. The van der Waals surface area contributed by atoms with Crippen molar-refractivity contribution in [3.63, 3.8) is 0 Å².